The second-order valence-corrected chi connectivity index (χ2v) is 5.40. The van der Waals surface area contributed by atoms with Crippen molar-refractivity contribution in [2.24, 2.45) is 0 Å². The van der Waals surface area contributed by atoms with Gasteiger partial charge in [0, 0.05) is 5.41 Å². The summed E-state index contributed by atoms with van der Waals surface area (Å²) in [5, 5.41) is 8.06. The summed E-state index contributed by atoms with van der Waals surface area (Å²) in [6, 6.07) is 6.50. The zero-order valence-corrected chi connectivity index (χ0v) is 11.4. The van der Waals surface area contributed by atoms with Crippen LogP contribution in [0.3, 0.4) is 0 Å². The number of rotatable bonds is 2. The van der Waals surface area contributed by atoms with Crippen molar-refractivity contribution in [3.63, 3.8) is 0 Å². The van der Waals surface area contributed by atoms with Gasteiger partial charge in [0.15, 0.2) is 0 Å². The van der Waals surface area contributed by atoms with Crippen molar-refractivity contribution in [2.45, 2.75) is 32.1 Å². The van der Waals surface area contributed by atoms with E-state index in [9.17, 15) is 4.39 Å². The van der Waals surface area contributed by atoms with Crippen LogP contribution in [-0.4, -0.2) is 15.0 Å². The Hall–Kier alpha value is -1.42. The molecule has 0 spiro atoms. The number of benzene rings is 1. The number of aromatic nitrogens is 3. The lowest BCUT2D eigenvalue weighted by atomic mass is 9.90. The molecule has 0 saturated heterocycles. The van der Waals surface area contributed by atoms with Crippen molar-refractivity contribution < 1.29 is 4.39 Å². The van der Waals surface area contributed by atoms with Crippen molar-refractivity contribution >= 4 is 11.6 Å². The largest absolute Gasteiger partial charge is 0.214 e. The van der Waals surface area contributed by atoms with Gasteiger partial charge in [0.1, 0.15) is 17.2 Å². The monoisotopic (exact) mass is 267 g/mol. The van der Waals surface area contributed by atoms with Gasteiger partial charge in [-0.05, 0) is 12.1 Å². The van der Waals surface area contributed by atoms with Crippen molar-refractivity contribution in [2.75, 3.05) is 0 Å². The Bertz CT molecular complexity index is 558. The molecule has 0 aliphatic heterocycles. The Labute approximate surface area is 111 Å². The van der Waals surface area contributed by atoms with E-state index in [1.165, 1.54) is 10.7 Å². The lowest BCUT2D eigenvalue weighted by Crippen LogP contribution is -2.19. The topological polar surface area (TPSA) is 30.7 Å². The molecule has 0 fully saturated rings. The summed E-state index contributed by atoms with van der Waals surface area (Å²) in [6.07, 6.45) is 0. The van der Waals surface area contributed by atoms with E-state index in [-0.39, 0.29) is 17.1 Å². The molecule has 18 heavy (non-hydrogen) atoms. The van der Waals surface area contributed by atoms with Crippen LogP contribution in [0.5, 0.6) is 0 Å². The third-order valence-corrected chi connectivity index (χ3v) is 2.91. The summed E-state index contributed by atoms with van der Waals surface area (Å²) >= 11 is 5.87. The third kappa shape index (κ3) is 2.25. The minimum Gasteiger partial charge on any atom is -0.214 e. The number of halogens is 2. The molecule has 2 aromatic rings. The predicted octanol–water partition coefficient (Wildman–Crippen LogP) is 3.44. The molecule has 1 heterocycles. The smallest absolute Gasteiger partial charge is 0.148 e. The quantitative estimate of drug-likeness (QED) is 0.781. The molecule has 5 heteroatoms. The number of alkyl halides is 1. The second-order valence-electron chi connectivity index (χ2n) is 5.13. The summed E-state index contributed by atoms with van der Waals surface area (Å²) in [7, 11) is 0. The maximum Gasteiger partial charge on any atom is 0.148 e. The summed E-state index contributed by atoms with van der Waals surface area (Å²) in [4.78, 5) is 0. The molecule has 0 amide bonds. The van der Waals surface area contributed by atoms with E-state index in [0.29, 0.717) is 11.4 Å². The van der Waals surface area contributed by atoms with Crippen LogP contribution in [0.15, 0.2) is 24.3 Å². The van der Waals surface area contributed by atoms with Crippen LogP contribution in [0.2, 0.25) is 0 Å². The summed E-state index contributed by atoms with van der Waals surface area (Å²) in [5.74, 6) is -0.0600. The number of hydrogen-bond donors (Lipinski definition) is 0. The van der Waals surface area contributed by atoms with Crippen molar-refractivity contribution in [1.29, 1.82) is 0 Å². The van der Waals surface area contributed by atoms with Gasteiger partial charge < -0.3 is 0 Å². The lowest BCUT2D eigenvalue weighted by Gasteiger charge is -2.21. The second kappa shape index (κ2) is 4.69. The molecule has 3 nitrogen and oxygen atoms in total. The molecule has 0 N–H and O–H groups in total. The highest BCUT2D eigenvalue weighted by molar-refractivity contribution is 6.17. The number of para-hydroxylation sites is 1. The fourth-order valence-corrected chi connectivity index (χ4v) is 2.13. The van der Waals surface area contributed by atoms with Crippen LogP contribution in [0.4, 0.5) is 4.39 Å². The minimum atomic E-state index is -0.325. The summed E-state index contributed by atoms with van der Waals surface area (Å²) < 4.78 is 15.4. The average molecular weight is 268 g/mol. The fourth-order valence-electron chi connectivity index (χ4n) is 1.95. The van der Waals surface area contributed by atoms with Crippen LogP contribution >= 0.6 is 11.6 Å². The molecular weight excluding hydrogens is 253 g/mol. The Balaban J connectivity index is 2.66. The van der Waals surface area contributed by atoms with E-state index in [1.807, 2.05) is 20.8 Å². The van der Waals surface area contributed by atoms with Gasteiger partial charge >= 0.3 is 0 Å². The van der Waals surface area contributed by atoms with Crippen LogP contribution in [0.1, 0.15) is 32.2 Å². The Morgan fingerprint density at radius 1 is 1.28 bits per heavy atom. The van der Waals surface area contributed by atoms with Crippen LogP contribution in [-0.2, 0) is 11.3 Å². The van der Waals surface area contributed by atoms with Gasteiger partial charge in [-0.2, -0.15) is 0 Å². The third-order valence-electron chi connectivity index (χ3n) is 2.66. The van der Waals surface area contributed by atoms with Crippen LogP contribution in [0.25, 0.3) is 5.69 Å². The molecule has 0 unspecified atom stereocenters. The molecule has 0 radical (unpaired) electrons. The van der Waals surface area contributed by atoms with Crippen LogP contribution < -0.4 is 0 Å². The average Bonchev–Trinajstić information content (AvgIpc) is 2.73. The van der Waals surface area contributed by atoms with E-state index in [0.717, 1.165) is 5.69 Å². The molecule has 1 aromatic carbocycles. The van der Waals surface area contributed by atoms with Crippen molar-refractivity contribution in [3.8, 4) is 5.69 Å². The minimum absolute atomic E-state index is 0.212. The van der Waals surface area contributed by atoms with Gasteiger partial charge in [0.25, 0.3) is 0 Å². The van der Waals surface area contributed by atoms with Gasteiger partial charge in [0.2, 0.25) is 0 Å². The normalized spacial score (nSPS) is 11.8. The molecule has 0 atom stereocenters. The zero-order chi connectivity index (χ0) is 13.3. The number of hydrogen-bond acceptors (Lipinski definition) is 2. The standard InChI is InChI=1S/C13H15ClFN3/c1-13(2,3)12-10(8-14)16-17-18(12)11-7-5-4-6-9(11)15/h4-7H,8H2,1-3H3. The maximum atomic E-state index is 13.8. The van der Waals surface area contributed by atoms with Crippen LogP contribution in [0, 0.1) is 5.82 Å². The highest BCUT2D eigenvalue weighted by atomic mass is 35.5. The molecule has 96 valence electrons. The SMILES string of the molecule is CC(C)(C)c1c(CCl)nnn1-c1ccccc1F. The molecule has 0 bridgehead atoms. The first kappa shape index (κ1) is 13.0. The summed E-state index contributed by atoms with van der Waals surface area (Å²) in [5.41, 5.74) is 1.71. The zero-order valence-electron chi connectivity index (χ0n) is 10.6. The Morgan fingerprint density at radius 2 is 1.94 bits per heavy atom. The Kier molecular flexibility index (Phi) is 3.39. The van der Waals surface area contributed by atoms with Gasteiger partial charge in [-0.25, -0.2) is 9.07 Å². The van der Waals surface area contributed by atoms with Crippen molar-refractivity contribution in [1.82, 2.24) is 15.0 Å². The van der Waals surface area contributed by atoms with E-state index < -0.39 is 0 Å². The van der Waals surface area contributed by atoms with Crippen molar-refractivity contribution in [3.05, 3.63) is 41.5 Å². The highest BCUT2D eigenvalue weighted by Crippen LogP contribution is 2.28. The fraction of sp³-hybridized carbons (Fsp3) is 0.385. The molecule has 2 rings (SSSR count). The van der Waals surface area contributed by atoms with Gasteiger partial charge in [-0.1, -0.05) is 38.1 Å². The highest BCUT2D eigenvalue weighted by Gasteiger charge is 2.26. The van der Waals surface area contributed by atoms with E-state index >= 15 is 0 Å². The van der Waals surface area contributed by atoms with Gasteiger partial charge in [-0.3, -0.25) is 0 Å². The molecule has 0 aliphatic carbocycles. The lowest BCUT2D eigenvalue weighted by molar-refractivity contribution is 0.528. The molecular formula is C13H15ClFN3. The van der Waals surface area contributed by atoms with E-state index in [1.54, 1.807) is 18.2 Å². The first-order valence-electron chi connectivity index (χ1n) is 5.71. The van der Waals surface area contributed by atoms with E-state index in [2.05, 4.69) is 10.3 Å². The first-order valence-corrected chi connectivity index (χ1v) is 6.24. The Morgan fingerprint density at radius 3 is 2.50 bits per heavy atom. The predicted molar refractivity (Wildman–Crippen MR) is 69.6 cm³/mol. The maximum absolute atomic E-state index is 13.8. The molecule has 0 aliphatic rings. The van der Waals surface area contributed by atoms with Gasteiger partial charge in [-0.15, -0.1) is 16.7 Å². The van der Waals surface area contributed by atoms with E-state index in [4.69, 9.17) is 11.6 Å². The number of nitrogens with zero attached hydrogens (tertiary/aromatic N) is 3. The summed E-state index contributed by atoms with van der Waals surface area (Å²) in [6.45, 7) is 6.08. The molecule has 0 saturated carbocycles. The first-order chi connectivity index (χ1) is 8.45. The molecule has 1 aromatic heterocycles. The van der Waals surface area contributed by atoms with Gasteiger partial charge in [0.05, 0.1) is 11.6 Å².